The van der Waals surface area contributed by atoms with Gasteiger partial charge in [-0.05, 0) is 36.9 Å². The van der Waals surface area contributed by atoms with E-state index >= 15 is 0 Å². The number of thioether (sulfide) groups is 1. The van der Waals surface area contributed by atoms with Gasteiger partial charge in [0.1, 0.15) is 0 Å². The van der Waals surface area contributed by atoms with Crippen LogP contribution >= 0.6 is 11.8 Å². The van der Waals surface area contributed by atoms with E-state index in [4.69, 9.17) is 6.42 Å². The summed E-state index contributed by atoms with van der Waals surface area (Å²) in [5.41, 5.74) is 1.17. The number of hydrogen-bond donors (Lipinski definition) is 1. The van der Waals surface area contributed by atoms with Crippen LogP contribution in [0.15, 0.2) is 29.2 Å². The fourth-order valence-corrected chi connectivity index (χ4v) is 1.54. The van der Waals surface area contributed by atoms with Crippen LogP contribution < -0.4 is 5.32 Å². The molecule has 1 nitrogen and oxygen atoms in total. The lowest BCUT2D eigenvalue weighted by molar-refractivity contribution is 0.907. The first-order valence-corrected chi connectivity index (χ1v) is 5.90. The minimum Gasteiger partial charge on any atom is -0.385 e. The van der Waals surface area contributed by atoms with E-state index in [0.29, 0.717) is 0 Å². The summed E-state index contributed by atoms with van der Waals surface area (Å²) >= 11 is 1.76. The number of anilines is 1. The standard InChI is InChI=1S/C12H15NS/c1-3-4-5-10-13-11-6-8-12(14-2)9-7-11/h1,6-9,13H,4-5,10H2,2H3. The summed E-state index contributed by atoms with van der Waals surface area (Å²) in [6.07, 6.45) is 9.12. The number of hydrogen-bond acceptors (Lipinski definition) is 2. The van der Waals surface area contributed by atoms with Gasteiger partial charge in [0.2, 0.25) is 0 Å². The number of unbranched alkanes of at least 4 members (excludes halogenated alkanes) is 1. The van der Waals surface area contributed by atoms with Crippen molar-refractivity contribution in [2.45, 2.75) is 17.7 Å². The van der Waals surface area contributed by atoms with Crippen molar-refractivity contribution >= 4 is 17.4 Å². The molecule has 0 unspecified atom stereocenters. The SMILES string of the molecule is C#CCCCNc1ccc(SC)cc1. The molecule has 0 bridgehead atoms. The van der Waals surface area contributed by atoms with Gasteiger partial charge in [0, 0.05) is 23.5 Å². The third-order valence-electron chi connectivity index (χ3n) is 1.92. The average molecular weight is 205 g/mol. The second-order valence-corrected chi connectivity index (χ2v) is 3.84. The van der Waals surface area contributed by atoms with Gasteiger partial charge in [-0.15, -0.1) is 24.1 Å². The molecule has 0 aliphatic carbocycles. The second kappa shape index (κ2) is 6.39. The third-order valence-corrected chi connectivity index (χ3v) is 2.66. The molecule has 1 rings (SSSR count). The van der Waals surface area contributed by atoms with Crippen LogP contribution in [-0.4, -0.2) is 12.8 Å². The van der Waals surface area contributed by atoms with E-state index in [-0.39, 0.29) is 0 Å². The predicted molar refractivity (Wildman–Crippen MR) is 64.8 cm³/mol. The van der Waals surface area contributed by atoms with Crippen molar-refractivity contribution in [3.05, 3.63) is 24.3 Å². The maximum atomic E-state index is 5.17. The van der Waals surface area contributed by atoms with E-state index in [0.717, 1.165) is 19.4 Å². The molecule has 0 saturated heterocycles. The molecule has 0 amide bonds. The molecule has 0 atom stereocenters. The molecule has 1 aromatic rings. The molecule has 0 fully saturated rings. The highest BCUT2D eigenvalue weighted by atomic mass is 32.2. The zero-order chi connectivity index (χ0) is 10.2. The molecule has 0 aliphatic heterocycles. The van der Waals surface area contributed by atoms with Crippen LogP contribution in [0.4, 0.5) is 5.69 Å². The number of rotatable bonds is 5. The fourth-order valence-electron chi connectivity index (χ4n) is 1.13. The molecule has 0 heterocycles. The Balaban J connectivity index is 2.33. The average Bonchev–Trinajstić information content (AvgIpc) is 2.25. The van der Waals surface area contributed by atoms with Crippen molar-refractivity contribution in [2.24, 2.45) is 0 Å². The highest BCUT2D eigenvalue weighted by Gasteiger charge is 1.92. The molecule has 0 aromatic heterocycles. The molecule has 2 heteroatoms. The van der Waals surface area contributed by atoms with E-state index in [1.807, 2.05) is 0 Å². The predicted octanol–water partition coefficient (Wildman–Crippen LogP) is 3.23. The normalized spacial score (nSPS) is 9.43. The Kier molecular flexibility index (Phi) is 5.03. The zero-order valence-corrected chi connectivity index (χ0v) is 9.23. The van der Waals surface area contributed by atoms with E-state index in [9.17, 15) is 0 Å². The van der Waals surface area contributed by atoms with Gasteiger partial charge in [-0.25, -0.2) is 0 Å². The van der Waals surface area contributed by atoms with Gasteiger partial charge in [-0.2, -0.15) is 0 Å². The molecule has 0 radical (unpaired) electrons. The first kappa shape index (κ1) is 11.0. The summed E-state index contributed by atoms with van der Waals surface area (Å²) in [6.45, 7) is 0.947. The Morgan fingerprint density at radius 2 is 2.07 bits per heavy atom. The van der Waals surface area contributed by atoms with Crippen LogP contribution in [0.3, 0.4) is 0 Å². The first-order valence-electron chi connectivity index (χ1n) is 4.68. The van der Waals surface area contributed by atoms with Crippen LogP contribution in [0.5, 0.6) is 0 Å². The van der Waals surface area contributed by atoms with Crippen molar-refractivity contribution in [1.29, 1.82) is 0 Å². The highest BCUT2D eigenvalue weighted by Crippen LogP contribution is 2.17. The van der Waals surface area contributed by atoms with Crippen LogP contribution in [0.2, 0.25) is 0 Å². The van der Waals surface area contributed by atoms with E-state index < -0.39 is 0 Å². The lowest BCUT2D eigenvalue weighted by atomic mass is 10.3. The highest BCUT2D eigenvalue weighted by molar-refractivity contribution is 7.98. The lowest BCUT2D eigenvalue weighted by Gasteiger charge is -2.05. The number of nitrogens with one attached hydrogen (secondary N) is 1. The van der Waals surface area contributed by atoms with Gasteiger partial charge in [0.05, 0.1) is 0 Å². The fraction of sp³-hybridized carbons (Fsp3) is 0.333. The van der Waals surface area contributed by atoms with Crippen LogP contribution in [0.25, 0.3) is 0 Å². The number of terminal acetylenes is 1. The Labute approximate surface area is 90.3 Å². The molecule has 74 valence electrons. The topological polar surface area (TPSA) is 12.0 Å². The monoisotopic (exact) mass is 205 g/mol. The summed E-state index contributed by atoms with van der Waals surface area (Å²) in [5.74, 6) is 2.63. The van der Waals surface area contributed by atoms with Crippen molar-refractivity contribution in [3.63, 3.8) is 0 Å². The summed E-state index contributed by atoms with van der Waals surface area (Å²) in [7, 11) is 0. The van der Waals surface area contributed by atoms with Crippen molar-refractivity contribution in [3.8, 4) is 12.3 Å². The van der Waals surface area contributed by atoms with Gasteiger partial charge < -0.3 is 5.32 Å². The molecule has 0 aliphatic rings. The lowest BCUT2D eigenvalue weighted by Crippen LogP contribution is -2.00. The Bertz CT molecular complexity index is 297. The minimum absolute atomic E-state index is 0.843. The number of benzene rings is 1. The van der Waals surface area contributed by atoms with E-state index in [2.05, 4.69) is 41.8 Å². The van der Waals surface area contributed by atoms with Crippen molar-refractivity contribution in [2.75, 3.05) is 18.1 Å². The minimum atomic E-state index is 0.843. The Morgan fingerprint density at radius 1 is 1.36 bits per heavy atom. The summed E-state index contributed by atoms with van der Waals surface area (Å²) in [6, 6.07) is 8.44. The van der Waals surface area contributed by atoms with Gasteiger partial charge in [0.15, 0.2) is 0 Å². The molecule has 1 N–H and O–H groups in total. The van der Waals surface area contributed by atoms with Crippen LogP contribution in [0.1, 0.15) is 12.8 Å². The molecule has 0 spiro atoms. The van der Waals surface area contributed by atoms with Gasteiger partial charge in [0.25, 0.3) is 0 Å². The van der Waals surface area contributed by atoms with Crippen molar-refractivity contribution < 1.29 is 0 Å². The molecule has 1 aromatic carbocycles. The third kappa shape index (κ3) is 3.76. The summed E-state index contributed by atoms with van der Waals surface area (Å²) in [4.78, 5) is 1.29. The molecule has 0 saturated carbocycles. The van der Waals surface area contributed by atoms with Gasteiger partial charge >= 0.3 is 0 Å². The second-order valence-electron chi connectivity index (χ2n) is 2.96. The molecular formula is C12H15NS. The Morgan fingerprint density at radius 3 is 2.64 bits per heavy atom. The first-order chi connectivity index (χ1) is 6.86. The maximum absolute atomic E-state index is 5.17. The van der Waals surface area contributed by atoms with Gasteiger partial charge in [-0.1, -0.05) is 0 Å². The van der Waals surface area contributed by atoms with Gasteiger partial charge in [-0.3, -0.25) is 0 Å². The maximum Gasteiger partial charge on any atom is 0.0340 e. The zero-order valence-electron chi connectivity index (χ0n) is 8.42. The smallest absolute Gasteiger partial charge is 0.0340 e. The Hall–Kier alpha value is -1.07. The molecular weight excluding hydrogens is 190 g/mol. The van der Waals surface area contributed by atoms with Crippen LogP contribution in [0, 0.1) is 12.3 Å². The quantitative estimate of drug-likeness (QED) is 0.450. The summed E-state index contributed by atoms with van der Waals surface area (Å²) in [5, 5.41) is 3.33. The van der Waals surface area contributed by atoms with Crippen LogP contribution in [-0.2, 0) is 0 Å². The van der Waals surface area contributed by atoms with E-state index in [1.54, 1.807) is 11.8 Å². The summed E-state index contributed by atoms with van der Waals surface area (Å²) < 4.78 is 0. The molecule has 14 heavy (non-hydrogen) atoms. The van der Waals surface area contributed by atoms with Crippen molar-refractivity contribution in [1.82, 2.24) is 0 Å². The largest absolute Gasteiger partial charge is 0.385 e. The van der Waals surface area contributed by atoms with E-state index in [1.165, 1.54) is 10.6 Å².